The molecule has 1 aliphatic rings. The highest BCUT2D eigenvalue weighted by atomic mass is 19.1. The first-order valence-electron chi connectivity index (χ1n) is 10.0. The van der Waals surface area contributed by atoms with Crippen LogP contribution in [0, 0.1) is 5.82 Å². The van der Waals surface area contributed by atoms with Gasteiger partial charge in [-0.05, 0) is 42.0 Å². The summed E-state index contributed by atoms with van der Waals surface area (Å²) in [7, 11) is 0. The molecule has 1 amide bonds. The lowest BCUT2D eigenvalue weighted by Gasteiger charge is -2.37. The van der Waals surface area contributed by atoms with Crippen molar-refractivity contribution in [1.29, 1.82) is 0 Å². The van der Waals surface area contributed by atoms with E-state index in [2.05, 4.69) is 5.10 Å². The molecule has 0 saturated heterocycles. The Morgan fingerprint density at radius 3 is 2.50 bits per heavy atom. The standard InChI is InChI=1S/C24H18FN3O4/c25-18-12-10-17(11-13-18)23-26-27(24(30)32-23)14-22(29)28-19-8-4-5-9-21(19)31-15-20(28)16-6-2-1-3-7-16/h1-13,20H,14-15H2/t20-/m1/s1. The van der Waals surface area contributed by atoms with Crippen molar-refractivity contribution in [3.8, 4) is 17.2 Å². The van der Waals surface area contributed by atoms with E-state index >= 15 is 0 Å². The summed E-state index contributed by atoms with van der Waals surface area (Å²) in [5, 5.41) is 4.13. The highest BCUT2D eigenvalue weighted by Crippen LogP contribution is 2.39. The van der Waals surface area contributed by atoms with Crippen molar-refractivity contribution < 1.29 is 18.3 Å². The van der Waals surface area contributed by atoms with Gasteiger partial charge in [0.05, 0.1) is 11.7 Å². The maximum Gasteiger partial charge on any atom is 0.437 e. The summed E-state index contributed by atoms with van der Waals surface area (Å²) in [5.41, 5.74) is 1.97. The van der Waals surface area contributed by atoms with Gasteiger partial charge < -0.3 is 9.15 Å². The van der Waals surface area contributed by atoms with Crippen molar-refractivity contribution in [2.24, 2.45) is 0 Å². The van der Waals surface area contributed by atoms with Gasteiger partial charge in [0.1, 0.15) is 24.7 Å². The van der Waals surface area contributed by atoms with Crippen molar-refractivity contribution in [2.45, 2.75) is 12.6 Å². The number of ether oxygens (including phenoxy) is 1. The third kappa shape index (κ3) is 3.66. The minimum atomic E-state index is -0.768. The predicted molar refractivity (Wildman–Crippen MR) is 115 cm³/mol. The number of halogens is 1. The fourth-order valence-electron chi connectivity index (χ4n) is 3.74. The van der Waals surface area contributed by atoms with E-state index in [0.29, 0.717) is 17.0 Å². The number of aromatic nitrogens is 2. The zero-order valence-electron chi connectivity index (χ0n) is 16.8. The Kier molecular flexibility index (Phi) is 5.03. The largest absolute Gasteiger partial charge is 0.489 e. The zero-order chi connectivity index (χ0) is 22.1. The minimum Gasteiger partial charge on any atom is -0.489 e. The molecule has 0 radical (unpaired) electrons. The van der Waals surface area contributed by atoms with Crippen LogP contribution in [0.5, 0.6) is 5.75 Å². The van der Waals surface area contributed by atoms with Gasteiger partial charge in [0.2, 0.25) is 11.8 Å². The SMILES string of the molecule is O=C(Cn1nc(-c2ccc(F)cc2)oc1=O)N1c2ccccc2OC[C@@H]1c1ccccc1. The second kappa shape index (κ2) is 8.14. The van der Waals surface area contributed by atoms with Crippen LogP contribution in [0.2, 0.25) is 0 Å². The van der Waals surface area contributed by atoms with Crippen LogP contribution >= 0.6 is 0 Å². The molecule has 7 nitrogen and oxygen atoms in total. The third-order valence-corrected chi connectivity index (χ3v) is 5.27. The van der Waals surface area contributed by atoms with Crippen molar-refractivity contribution in [3.63, 3.8) is 0 Å². The van der Waals surface area contributed by atoms with Crippen molar-refractivity contribution in [2.75, 3.05) is 11.5 Å². The van der Waals surface area contributed by atoms with E-state index in [1.807, 2.05) is 42.5 Å². The van der Waals surface area contributed by atoms with Gasteiger partial charge >= 0.3 is 5.76 Å². The molecule has 4 aromatic rings. The molecule has 0 N–H and O–H groups in total. The molecule has 1 aromatic heterocycles. The third-order valence-electron chi connectivity index (χ3n) is 5.27. The molecule has 5 rings (SSSR count). The number of amides is 1. The highest BCUT2D eigenvalue weighted by molar-refractivity contribution is 5.96. The summed E-state index contributed by atoms with van der Waals surface area (Å²) in [5.74, 6) is -0.910. The number of nitrogens with zero attached hydrogens (tertiary/aromatic N) is 3. The molecule has 0 spiro atoms. The van der Waals surface area contributed by atoms with Crippen LogP contribution in [-0.2, 0) is 11.3 Å². The monoisotopic (exact) mass is 431 g/mol. The van der Waals surface area contributed by atoms with E-state index in [-0.39, 0.29) is 31.0 Å². The number of fused-ring (bicyclic) bond motifs is 1. The Labute approximate surface area is 182 Å². The smallest absolute Gasteiger partial charge is 0.437 e. The van der Waals surface area contributed by atoms with Crippen LogP contribution in [0.1, 0.15) is 11.6 Å². The number of hydrogen-bond acceptors (Lipinski definition) is 5. The van der Waals surface area contributed by atoms with Crippen molar-refractivity contribution in [1.82, 2.24) is 9.78 Å². The Morgan fingerprint density at radius 1 is 1.00 bits per heavy atom. The molecule has 0 aliphatic carbocycles. The van der Waals surface area contributed by atoms with E-state index < -0.39 is 11.6 Å². The van der Waals surface area contributed by atoms with Gasteiger partial charge in [0, 0.05) is 5.56 Å². The molecule has 1 atom stereocenters. The quantitative estimate of drug-likeness (QED) is 0.491. The predicted octanol–water partition coefficient (Wildman–Crippen LogP) is 3.81. The van der Waals surface area contributed by atoms with Crippen LogP contribution in [-0.4, -0.2) is 22.3 Å². The van der Waals surface area contributed by atoms with Crippen molar-refractivity contribution in [3.05, 3.63) is 101 Å². The molecule has 160 valence electrons. The van der Waals surface area contributed by atoms with Crippen molar-refractivity contribution >= 4 is 11.6 Å². The van der Waals surface area contributed by atoms with Gasteiger partial charge in [-0.25, -0.2) is 9.18 Å². The van der Waals surface area contributed by atoms with E-state index in [0.717, 1.165) is 10.2 Å². The summed E-state index contributed by atoms with van der Waals surface area (Å²) in [6, 6.07) is 21.8. The number of carbonyl (C=O) groups excluding carboxylic acids is 1. The van der Waals surface area contributed by atoms with Crippen LogP contribution in [0.3, 0.4) is 0 Å². The molecule has 0 bridgehead atoms. The fraction of sp³-hybridized carbons (Fsp3) is 0.125. The topological polar surface area (TPSA) is 77.6 Å². The normalized spacial score (nSPS) is 15.2. The first-order chi connectivity index (χ1) is 15.6. The average Bonchev–Trinajstić information content (AvgIpc) is 3.19. The number of para-hydroxylation sites is 2. The maximum absolute atomic E-state index is 13.4. The van der Waals surface area contributed by atoms with E-state index in [1.54, 1.807) is 17.0 Å². The number of carbonyl (C=O) groups is 1. The minimum absolute atomic E-state index is 0.0183. The molecular weight excluding hydrogens is 413 g/mol. The number of rotatable bonds is 4. The van der Waals surface area contributed by atoms with Crippen LogP contribution in [0.25, 0.3) is 11.5 Å². The van der Waals surface area contributed by atoms with E-state index in [9.17, 15) is 14.0 Å². The van der Waals surface area contributed by atoms with E-state index in [4.69, 9.17) is 9.15 Å². The fourth-order valence-corrected chi connectivity index (χ4v) is 3.74. The van der Waals surface area contributed by atoms with Crippen LogP contribution < -0.4 is 15.4 Å². The second-order valence-corrected chi connectivity index (χ2v) is 7.31. The molecule has 2 heterocycles. The average molecular weight is 431 g/mol. The first kappa shape index (κ1) is 19.7. The Morgan fingerprint density at radius 2 is 1.72 bits per heavy atom. The van der Waals surface area contributed by atoms with Gasteiger partial charge in [-0.2, -0.15) is 4.68 Å². The molecule has 0 unspecified atom stereocenters. The summed E-state index contributed by atoms with van der Waals surface area (Å²) < 4.78 is 25.2. The molecule has 8 heteroatoms. The molecule has 0 saturated carbocycles. The number of benzene rings is 3. The Balaban J connectivity index is 1.48. The van der Waals surface area contributed by atoms with Gasteiger partial charge in [0.25, 0.3) is 0 Å². The molecule has 32 heavy (non-hydrogen) atoms. The van der Waals surface area contributed by atoms with Gasteiger partial charge in [0.15, 0.2) is 0 Å². The highest BCUT2D eigenvalue weighted by Gasteiger charge is 2.33. The zero-order valence-corrected chi connectivity index (χ0v) is 16.8. The lowest BCUT2D eigenvalue weighted by Crippen LogP contribution is -2.43. The second-order valence-electron chi connectivity index (χ2n) is 7.31. The molecule has 3 aromatic carbocycles. The maximum atomic E-state index is 13.4. The van der Waals surface area contributed by atoms with Crippen LogP contribution in [0.4, 0.5) is 10.1 Å². The van der Waals surface area contributed by atoms with Gasteiger partial charge in [-0.1, -0.05) is 42.5 Å². The molecule has 0 fully saturated rings. The molecular formula is C24H18FN3O4. The summed E-state index contributed by atoms with van der Waals surface area (Å²) in [6.07, 6.45) is 0. The first-order valence-corrected chi connectivity index (χ1v) is 10.0. The van der Waals surface area contributed by atoms with Gasteiger partial charge in [-0.15, -0.1) is 5.10 Å². The summed E-state index contributed by atoms with van der Waals surface area (Å²) in [6.45, 7) is -0.0392. The van der Waals surface area contributed by atoms with Crippen LogP contribution in [0.15, 0.2) is 88.1 Å². The number of anilines is 1. The van der Waals surface area contributed by atoms with E-state index in [1.165, 1.54) is 24.3 Å². The Hall–Kier alpha value is -4.20. The summed E-state index contributed by atoms with van der Waals surface area (Å²) in [4.78, 5) is 27.4. The number of hydrogen-bond donors (Lipinski definition) is 0. The Bertz CT molecular complexity index is 1320. The van der Waals surface area contributed by atoms with Gasteiger partial charge in [-0.3, -0.25) is 9.69 Å². The molecule has 1 aliphatic heterocycles. The lowest BCUT2D eigenvalue weighted by molar-refractivity contribution is -0.120. The lowest BCUT2D eigenvalue weighted by atomic mass is 10.0. The summed E-state index contributed by atoms with van der Waals surface area (Å²) >= 11 is 0.